The lowest BCUT2D eigenvalue weighted by Gasteiger charge is -2.31. The van der Waals surface area contributed by atoms with E-state index in [0.717, 1.165) is 22.7 Å². The fraction of sp³-hybridized carbons (Fsp3) is 0.500. The first-order valence-corrected chi connectivity index (χ1v) is 12.2. The number of thiazole rings is 1. The predicted molar refractivity (Wildman–Crippen MR) is 130 cm³/mol. The summed E-state index contributed by atoms with van der Waals surface area (Å²) in [5.41, 5.74) is 0.734. The zero-order valence-corrected chi connectivity index (χ0v) is 20.9. The molecule has 3 amide bonds. The van der Waals surface area contributed by atoms with Crippen LogP contribution in [-0.2, 0) is 9.53 Å². The number of likely N-dealkylation sites (tertiary alicyclic amines) is 1. The standard InChI is InChI=1S/C24H32N4O5S/c1-24(2,3)33-23(31)26-12-11-25-20(29)17-6-5-13-28(14-17)22(30)19-15-34-21(27-19)16-7-9-18(32-4)10-8-16/h7-10,15,17H,5-6,11-14H2,1-4H3,(H,25,29)(H,26,31). The summed E-state index contributed by atoms with van der Waals surface area (Å²) in [6.45, 7) is 6.86. The molecule has 184 valence electrons. The Kier molecular flexibility index (Phi) is 8.49. The fourth-order valence-electron chi connectivity index (χ4n) is 3.58. The molecule has 3 rings (SSSR count). The molecule has 1 atom stereocenters. The van der Waals surface area contributed by atoms with Crippen molar-refractivity contribution in [1.29, 1.82) is 0 Å². The third-order valence-corrected chi connectivity index (χ3v) is 6.12. The van der Waals surface area contributed by atoms with E-state index in [1.165, 1.54) is 11.3 Å². The number of alkyl carbamates (subject to hydrolysis) is 1. The molecule has 1 aliphatic rings. The first kappa shape index (κ1) is 25.5. The molecule has 2 heterocycles. The van der Waals surface area contributed by atoms with Crippen LogP contribution in [-0.4, -0.2) is 66.7 Å². The van der Waals surface area contributed by atoms with E-state index in [0.29, 0.717) is 31.7 Å². The van der Waals surface area contributed by atoms with Crippen LogP contribution in [0, 0.1) is 5.92 Å². The molecule has 2 aromatic rings. The summed E-state index contributed by atoms with van der Waals surface area (Å²) in [7, 11) is 1.61. The van der Waals surface area contributed by atoms with Crippen molar-refractivity contribution in [3.8, 4) is 16.3 Å². The van der Waals surface area contributed by atoms with Crippen molar-refractivity contribution in [1.82, 2.24) is 20.5 Å². The summed E-state index contributed by atoms with van der Waals surface area (Å²) in [4.78, 5) is 43.5. The second-order valence-electron chi connectivity index (χ2n) is 9.08. The van der Waals surface area contributed by atoms with Crippen LogP contribution in [0.1, 0.15) is 44.1 Å². The minimum atomic E-state index is -0.571. The second-order valence-corrected chi connectivity index (χ2v) is 9.93. The Balaban J connectivity index is 1.49. The Bertz CT molecular complexity index is 1000. The molecule has 0 aliphatic carbocycles. The van der Waals surface area contributed by atoms with E-state index in [1.807, 2.05) is 24.3 Å². The van der Waals surface area contributed by atoms with Gasteiger partial charge in [0.05, 0.1) is 13.0 Å². The summed E-state index contributed by atoms with van der Waals surface area (Å²) >= 11 is 1.41. The molecule has 0 radical (unpaired) electrons. The number of hydrogen-bond donors (Lipinski definition) is 2. The number of benzene rings is 1. The van der Waals surface area contributed by atoms with Crippen molar-refractivity contribution in [2.45, 2.75) is 39.2 Å². The van der Waals surface area contributed by atoms with Crippen molar-refractivity contribution in [3.05, 3.63) is 35.3 Å². The monoisotopic (exact) mass is 488 g/mol. The fourth-order valence-corrected chi connectivity index (χ4v) is 4.38. The van der Waals surface area contributed by atoms with Gasteiger partial charge in [0, 0.05) is 37.1 Å². The van der Waals surface area contributed by atoms with Gasteiger partial charge in [0.25, 0.3) is 5.91 Å². The molecule has 2 N–H and O–H groups in total. The molecule has 0 saturated carbocycles. The first-order valence-electron chi connectivity index (χ1n) is 11.3. The third-order valence-electron chi connectivity index (χ3n) is 5.23. The Labute approximate surface area is 203 Å². The number of methoxy groups -OCH3 is 1. The van der Waals surface area contributed by atoms with Crippen LogP contribution in [0.5, 0.6) is 5.75 Å². The molecule has 0 bridgehead atoms. The molecule has 1 unspecified atom stereocenters. The van der Waals surface area contributed by atoms with E-state index in [2.05, 4.69) is 15.6 Å². The van der Waals surface area contributed by atoms with E-state index >= 15 is 0 Å². The van der Waals surface area contributed by atoms with Crippen LogP contribution in [0.25, 0.3) is 10.6 Å². The minimum absolute atomic E-state index is 0.124. The number of hydrogen-bond acceptors (Lipinski definition) is 7. The highest BCUT2D eigenvalue weighted by Crippen LogP contribution is 2.27. The van der Waals surface area contributed by atoms with Gasteiger partial charge in [0.15, 0.2) is 0 Å². The van der Waals surface area contributed by atoms with Gasteiger partial charge in [0.2, 0.25) is 5.91 Å². The van der Waals surface area contributed by atoms with Crippen molar-refractivity contribution in [2.75, 3.05) is 33.3 Å². The maximum absolute atomic E-state index is 13.0. The molecule has 0 spiro atoms. The van der Waals surface area contributed by atoms with Gasteiger partial charge in [0.1, 0.15) is 22.1 Å². The van der Waals surface area contributed by atoms with Gasteiger partial charge in [-0.2, -0.15) is 0 Å². The summed E-state index contributed by atoms with van der Waals surface area (Å²) in [5.74, 6) is 0.176. The number of nitrogens with one attached hydrogen (secondary N) is 2. The SMILES string of the molecule is COc1ccc(-c2nc(C(=O)N3CCCC(C(=O)NCCNC(=O)OC(C)(C)C)C3)cs2)cc1. The van der Waals surface area contributed by atoms with Gasteiger partial charge < -0.3 is 25.0 Å². The van der Waals surface area contributed by atoms with Crippen LogP contribution in [0.2, 0.25) is 0 Å². The Morgan fingerprint density at radius 2 is 1.85 bits per heavy atom. The molecular formula is C24H32N4O5S. The number of carbonyl (C=O) groups is 3. The van der Waals surface area contributed by atoms with E-state index < -0.39 is 11.7 Å². The maximum atomic E-state index is 13.0. The molecule has 1 aliphatic heterocycles. The molecule has 1 aromatic heterocycles. The lowest BCUT2D eigenvalue weighted by molar-refractivity contribution is -0.126. The second kappa shape index (κ2) is 11.3. The highest BCUT2D eigenvalue weighted by atomic mass is 32.1. The zero-order valence-electron chi connectivity index (χ0n) is 20.1. The number of rotatable bonds is 7. The smallest absolute Gasteiger partial charge is 0.407 e. The van der Waals surface area contributed by atoms with Gasteiger partial charge in [-0.1, -0.05) is 0 Å². The third kappa shape index (κ3) is 7.18. The van der Waals surface area contributed by atoms with Crippen LogP contribution in [0.3, 0.4) is 0 Å². The molecule has 10 heteroatoms. The van der Waals surface area contributed by atoms with E-state index in [4.69, 9.17) is 9.47 Å². The predicted octanol–water partition coefficient (Wildman–Crippen LogP) is 3.31. The van der Waals surface area contributed by atoms with Crippen LogP contribution in [0.4, 0.5) is 4.79 Å². The zero-order chi connectivity index (χ0) is 24.7. The molecule has 1 aromatic carbocycles. The number of ether oxygens (including phenoxy) is 2. The number of aromatic nitrogens is 1. The number of nitrogens with zero attached hydrogens (tertiary/aromatic N) is 2. The van der Waals surface area contributed by atoms with Crippen LogP contribution >= 0.6 is 11.3 Å². The molecule has 1 saturated heterocycles. The van der Waals surface area contributed by atoms with E-state index in [9.17, 15) is 14.4 Å². The highest BCUT2D eigenvalue weighted by molar-refractivity contribution is 7.13. The van der Waals surface area contributed by atoms with Gasteiger partial charge >= 0.3 is 6.09 Å². The first-order chi connectivity index (χ1) is 16.2. The molecular weight excluding hydrogens is 456 g/mol. The van der Waals surface area contributed by atoms with Crippen molar-refractivity contribution in [2.24, 2.45) is 5.92 Å². The summed E-state index contributed by atoms with van der Waals surface area (Å²) in [6, 6.07) is 7.53. The average molecular weight is 489 g/mol. The Hall–Kier alpha value is -3.14. The van der Waals surface area contributed by atoms with Crippen molar-refractivity contribution >= 4 is 29.2 Å². The lowest BCUT2D eigenvalue weighted by atomic mass is 9.97. The maximum Gasteiger partial charge on any atom is 0.407 e. The Morgan fingerprint density at radius 1 is 1.15 bits per heavy atom. The van der Waals surface area contributed by atoms with Crippen molar-refractivity contribution < 1.29 is 23.9 Å². The molecule has 1 fully saturated rings. The Morgan fingerprint density at radius 3 is 2.53 bits per heavy atom. The summed E-state index contributed by atoms with van der Waals surface area (Å²) < 4.78 is 10.3. The average Bonchev–Trinajstić information content (AvgIpc) is 3.30. The quantitative estimate of drug-likeness (QED) is 0.579. The van der Waals surface area contributed by atoms with E-state index in [1.54, 1.807) is 38.2 Å². The minimum Gasteiger partial charge on any atom is -0.497 e. The number of carbonyl (C=O) groups excluding carboxylic acids is 3. The topological polar surface area (TPSA) is 110 Å². The number of piperidine rings is 1. The molecule has 34 heavy (non-hydrogen) atoms. The number of amides is 3. The van der Waals surface area contributed by atoms with Gasteiger partial charge in [-0.15, -0.1) is 11.3 Å². The summed E-state index contributed by atoms with van der Waals surface area (Å²) in [5, 5.41) is 7.96. The normalized spacial score (nSPS) is 16.0. The van der Waals surface area contributed by atoms with Crippen LogP contribution < -0.4 is 15.4 Å². The molecule has 9 nitrogen and oxygen atoms in total. The van der Waals surface area contributed by atoms with Crippen molar-refractivity contribution in [3.63, 3.8) is 0 Å². The van der Waals surface area contributed by atoms with Crippen LogP contribution in [0.15, 0.2) is 29.6 Å². The van der Waals surface area contributed by atoms with Gasteiger partial charge in [-0.3, -0.25) is 9.59 Å². The largest absolute Gasteiger partial charge is 0.497 e. The summed E-state index contributed by atoms with van der Waals surface area (Å²) in [6.07, 6.45) is 0.937. The van der Waals surface area contributed by atoms with Gasteiger partial charge in [-0.25, -0.2) is 9.78 Å². The van der Waals surface area contributed by atoms with E-state index in [-0.39, 0.29) is 24.3 Å². The van der Waals surface area contributed by atoms with Gasteiger partial charge in [-0.05, 0) is 57.9 Å². The lowest BCUT2D eigenvalue weighted by Crippen LogP contribution is -2.46. The highest BCUT2D eigenvalue weighted by Gasteiger charge is 2.30.